The van der Waals surface area contributed by atoms with Crippen LogP contribution in [0.2, 0.25) is 0 Å². The van der Waals surface area contributed by atoms with Crippen LogP contribution in [0.3, 0.4) is 0 Å². The van der Waals surface area contributed by atoms with Gasteiger partial charge in [0.1, 0.15) is 29.4 Å². The first kappa shape index (κ1) is 24.1. The highest BCUT2D eigenvalue weighted by Crippen LogP contribution is 2.69. The van der Waals surface area contributed by atoms with Crippen LogP contribution >= 0.6 is 7.82 Å². The van der Waals surface area contributed by atoms with Crippen molar-refractivity contribution in [2.24, 2.45) is 5.73 Å². The second-order valence-corrected chi connectivity index (χ2v) is 11.2. The van der Waals surface area contributed by atoms with E-state index in [4.69, 9.17) is 33.5 Å². The fourth-order valence-corrected chi connectivity index (χ4v) is 6.80. The van der Waals surface area contributed by atoms with Gasteiger partial charge in [-0.3, -0.25) is 18.4 Å². The molecule has 0 radical (unpaired) electrons. The molecule has 3 aliphatic heterocycles. The molecule has 13 heteroatoms. The zero-order valence-corrected chi connectivity index (χ0v) is 20.2. The molecule has 0 bridgehead atoms. The molecule has 4 heterocycles. The predicted octanol–water partition coefficient (Wildman–Crippen LogP) is 2.82. The van der Waals surface area contributed by atoms with Crippen LogP contribution in [0.4, 0.5) is 8.78 Å². The third-order valence-electron chi connectivity index (χ3n) is 6.66. The monoisotopic (exact) mass is 525 g/mol. The molecule has 1 aromatic heterocycles. The van der Waals surface area contributed by atoms with Crippen LogP contribution in [0.25, 0.3) is 0 Å². The lowest BCUT2D eigenvalue weighted by Gasteiger charge is -2.30. The van der Waals surface area contributed by atoms with Gasteiger partial charge in [0.2, 0.25) is 0 Å². The van der Waals surface area contributed by atoms with E-state index < -0.39 is 67.4 Å². The largest absolute Gasteiger partial charge is 0.475 e. The third kappa shape index (κ3) is 3.88. The van der Waals surface area contributed by atoms with Crippen LogP contribution in [-0.2, 0) is 32.3 Å². The van der Waals surface area contributed by atoms with E-state index in [0.717, 1.165) is 18.2 Å². The first-order chi connectivity index (χ1) is 17.0. The van der Waals surface area contributed by atoms with Crippen molar-refractivity contribution in [3.05, 3.63) is 65.5 Å². The molecule has 4 unspecified atom stereocenters. The summed E-state index contributed by atoms with van der Waals surface area (Å²) in [5.74, 6) is -3.14. The number of nitrogens with two attached hydrogens (primary N) is 1. The number of pyridine rings is 1. The molecule has 1 amide bonds. The molecule has 1 saturated carbocycles. The van der Waals surface area contributed by atoms with E-state index in [9.17, 15) is 18.1 Å². The molecule has 1 aromatic carbocycles. The lowest BCUT2D eigenvalue weighted by atomic mass is 10.1. The number of carbonyl (C=O) groups is 1. The number of primary amides is 1. The molecule has 4 fully saturated rings. The highest BCUT2D eigenvalue weighted by molar-refractivity contribution is 7.48. The maximum atomic E-state index is 13.7. The van der Waals surface area contributed by atoms with Crippen molar-refractivity contribution in [1.82, 2.24) is 0 Å². The molecule has 1 aliphatic carbocycles. The lowest BCUT2D eigenvalue weighted by molar-refractivity contribution is -0.767. The van der Waals surface area contributed by atoms with Crippen molar-refractivity contribution in [2.75, 3.05) is 6.61 Å². The molecule has 6 rings (SSSR count). The number of halogens is 2. The summed E-state index contributed by atoms with van der Waals surface area (Å²) in [5.41, 5.74) is 4.78. The zero-order chi connectivity index (χ0) is 25.5. The van der Waals surface area contributed by atoms with Crippen LogP contribution in [0.15, 0.2) is 42.7 Å². The highest BCUT2D eigenvalue weighted by atomic mass is 31.2. The minimum Gasteiger partial charge on any atom is -0.365 e. The normalized spacial score (nSPS) is 38.4. The van der Waals surface area contributed by atoms with Gasteiger partial charge >= 0.3 is 7.82 Å². The maximum Gasteiger partial charge on any atom is 0.475 e. The molecule has 3 saturated heterocycles. The number of hydrogen-bond acceptors (Lipinski definition) is 8. The summed E-state index contributed by atoms with van der Waals surface area (Å²) >= 11 is 0. The zero-order valence-electron chi connectivity index (χ0n) is 19.3. The number of phosphoric ester groups is 1. The topological polar surface area (TPSA) is 119 Å². The second kappa shape index (κ2) is 8.09. The summed E-state index contributed by atoms with van der Waals surface area (Å²) in [4.78, 5) is 11.6. The first-order valence-electron chi connectivity index (χ1n) is 11.4. The summed E-state index contributed by atoms with van der Waals surface area (Å²) in [6, 6.07) is 6.22. The predicted molar refractivity (Wildman–Crippen MR) is 115 cm³/mol. The number of nitrogens with zero attached hydrogens (tertiary/aromatic N) is 1. The number of hydrogen-bond donors (Lipinski definition) is 1. The fraction of sp³-hybridized carbons (Fsp3) is 0.478. The van der Waals surface area contributed by atoms with Gasteiger partial charge in [-0.25, -0.2) is 13.3 Å². The summed E-state index contributed by atoms with van der Waals surface area (Å²) in [6.45, 7) is 3.46. The fourth-order valence-electron chi connectivity index (χ4n) is 5.20. The maximum absolute atomic E-state index is 13.7. The van der Waals surface area contributed by atoms with E-state index in [1.54, 1.807) is 42.9 Å². The molecular weight excluding hydrogens is 501 g/mol. The van der Waals surface area contributed by atoms with Gasteiger partial charge in [0.25, 0.3) is 12.1 Å². The number of carbonyl (C=O) groups excluding carboxylic acids is 1. The Morgan fingerprint density at radius 1 is 1.22 bits per heavy atom. The molecule has 4 aliphatic rings. The van der Waals surface area contributed by atoms with Crippen molar-refractivity contribution < 1.29 is 50.5 Å². The van der Waals surface area contributed by atoms with Gasteiger partial charge < -0.3 is 19.9 Å². The highest BCUT2D eigenvalue weighted by Gasteiger charge is 2.87. The Morgan fingerprint density at radius 2 is 1.97 bits per heavy atom. The van der Waals surface area contributed by atoms with Crippen LogP contribution in [0, 0.1) is 11.6 Å². The molecule has 2 aromatic rings. The van der Waals surface area contributed by atoms with Gasteiger partial charge in [0.15, 0.2) is 29.9 Å². The SMILES string of the molecule is CC1(C)O[C@H]2[C@H]([n+]3cccc(C(N)=O)c3)OC3C(OP4(=O)OCCC(c5cc(F)cc(F)c5)O4)[C@@]32O1. The minimum absolute atomic E-state index is 0.00398. The number of aromatic nitrogens is 1. The van der Waals surface area contributed by atoms with Crippen LogP contribution in [-0.4, -0.2) is 42.2 Å². The Balaban J connectivity index is 1.23. The van der Waals surface area contributed by atoms with Gasteiger partial charge in [-0.1, -0.05) is 0 Å². The Labute approximate surface area is 204 Å². The molecular formula is C23H24F2N2O8P+. The summed E-state index contributed by atoms with van der Waals surface area (Å²) in [7, 11) is -4.15. The van der Waals surface area contributed by atoms with Crippen LogP contribution < -0.4 is 10.3 Å². The number of amides is 1. The molecule has 36 heavy (non-hydrogen) atoms. The molecule has 1 spiro atoms. The van der Waals surface area contributed by atoms with E-state index >= 15 is 0 Å². The summed E-state index contributed by atoms with van der Waals surface area (Å²) in [5, 5.41) is 0. The Morgan fingerprint density at radius 3 is 2.69 bits per heavy atom. The molecule has 2 N–H and O–H groups in total. The van der Waals surface area contributed by atoms with E-state index in [0.29, 0.717) is 0 Å². The molecule has 192 valence electrons. The summed E-state index contributed by atoms with van der Waals surface area (Å²) in [6.07, 6.45) is -0.283. The van der Waals surface area contributed by atoms with Gasteiger partial charge in [0.05, 0.1) is 12.7 Å². The van der Waals surface area contributed by atoms with E-state index in [2.05, 4.69) is 0 Å². The standard InChI is InChI=1S/C23H23F2N2O8P/c1-22(2)32-19-21(27-6-3-4-12(11-27)20(26)28)31-17-18(23(17,19)35-22)34-36(29)30-7-5-16(33-36)13-8-14(24)10-15(25)9-13/h3-4,6,8-11,16-19,21H,5,7H2,1-2H3,(H-,26,28)/p+1/t16?,17?,18?,19-,21+,23-,36?/m0/s1. The number of ether oxygens (including phenoxy) is 3. The Hall–Kier alpha value is -2.31. The van der Waals surface area contributed by atoms with E-state index in [1.807, 2.05) is 0 Å². The van der Waals surface area contributed by atoms with Gasteiger partial charge in [-0.05, 0) is 37.6 Å². The Bertz CT molecular complexity index is 1270. The van der Waals surface area contributed by atoms with Crippen molar-refractivity contribution in [3.63, 3.8) is 0 Å². The van der Waals surface area contributed by atoms with E-state index in [-0.39, 0.29) is 24.2 Å². The van der Waals surface area contributed by atoms with Crippen LogP contribution in [0.1, 0.15) is 48.5 Å². The van der Waals surface area contributed by atoms with Gasteiger partial charge in [-0.15, -0.1) is 0 Å². The summed E-state index contributed by atoms with van der Waals surface area (Å²) < 4.78 is 77.8. The van der Waals surface area contributed by atoms with E-state index in [1.165, 1.54) is 0 Å². The second-order valence-electron chi connectivity index (χ2n) is 9.64. The van der Waals surface area contributed by atoms with Gasteiger partial charge in [-0.2, -0.15) is 4.57 Å². The number of rotatable bonds is 5. The quantitative estimate of drug-likeness (QED) is 0.468. The first-order valence-corrected chi connectivity index (χ1v) is 12.9. The van der Waals surface area contributed by atoms with Crippen molar-refractivity contribution in [3.8, 4) is 0 Å². The van der Waals surface area contributed by atoms with Crippen molar-refractivity contribution in [2.45, 2.75) is 62.3 Å². The lowest BCUT2D eigenvalue weighted by Crippen LogP contribution is -2.49. The third-order valence-corrected chi connectivity index (χ3v) is 8.16. The average Bonchev–Trinajstić information content (AvgIpc) is 3.07. The van der Waals surface area contributed by atoms with Crippen molar-refractivity contribution in [1.29, 1.82) is 0 Å². The van der Waals surface area contributed by atoms with Gasteiger partial charge in [0, 0.05) is 18.6 Å². The number of phosphoric acid groups is 1. The van der Waals surface area contributed by atoms with Crippen molar-refractivity contribution >= 4 is 13.7 Å². The van der Waals surface area contributed by atoms with Crippen LogP contribution in [0.5, 0.6) is 0 Å². The number of benzene rings is 1. The Kier molecular flexibility index (Phi) is 5.41. The smallest absolute Gasteiger partial charge is 0.365 e. The average molecular weight is 525 g/mol. The molecule has 7 atom stereocenters. The minimum atomic E-state index is -4.15. The molecule has 10 nitrogen and oxygen atoms in total.